The predicted octanol–water partition coefficient (Wildman–Crippen LogP) is 4.89. The fourth-order valence-corrected chi connectivity index (χ4v) is 2.01. The molecule has 0 aliphatic rings. The molecule has 0 unspecified atom stereocenters. The third kappa shape index (κ3) is 12.0. The molecule has 14 heteroatoms. The van der Waals surface area contributed by atoms with Crippen molar-refractivity contribution < 1.29 is 150 Å². The van der Waals surface area contributed by atoms with Crippen LogP contribution in [0.25, 0.3) is 0 Å². The predicted molar refractivity (Wildman–Crippen MR) is 104 cm³/mol. The molecule has 35 heavy (non-hydrogen) atoms. The Bertz CT molecular complexity index is 1000. The van der Waals surface area contributed by atoms with Gasteiger partial charge in [0.1, 0.15) is 5.75 Å². The van der Waals surface area contributed by atoms with Crippen LogP contribution >= 0.6 is 0 Å². The molecule has 0 saturated carbocycles. The van der Waals surface area contributed by atoms with E-state index in [1.165, 1.54) is 33.5 Å². The molecule has 3 aromatic carbocycles. The van der Waals surface area contributed by atoms with Gasteiger partial charge in [0.05, 0.1) is 21.3 Å². The number of hydrogen-bond acceptors (Lipinski definition) is 6. The molecule has 3 N–H and O–H groups in total. The van der Waals surface area contributed by atoms with E-state index in [9.17, 15) is 22.0 Å². The second-order valence-electron chi connectivity index (χ2n) is 5.65. The maximum atomic E-state index is 12.6. The summed E-state index contributed by atoms with van der Waals surface area (Å²) in [7, 11) is 3.80. The maximum Gasteiger partial charge on any atom is 0.204 e. The van der Waals surface area contributed by atoms with Gasteiger partial charge in [0.15, 0.2) is 34.6 Å². The van der Waals surface area contributed by atoms with E-state index < -0.39 is 40.6 Å². The van der Waals surface area contributed by atoms with E-state index in [1.54, 1.807) is 0 Å². The molecule has 6 nitrogen and oxygen atoms in total. The Balaban J connectivity index is -0.000000421. The number of methoxy groups -OCH3 is 3. The summed E-state index contributed by atoms with van der Waals surface area (Å²) in [6.07, 6.45) is 0. The summed E-state index contributed by atoms with van der Waals surface area (Å²) in [4.78, 5) is 0. The summed E-state index contributed by atoms with van der Waals surface area (Å²) in [5.74, 6) is -7.32. The number of phenolic OH excluding ortho intramolecular Hbond substituents is 3. The van der Waals surface area contributed by atoms with E-state index in [1.807, 2.05) is 0 Å². The van der Waals surface area contributed by atoms with Crippen molar-refractivity contribution in [1.82, 2.24) is 0 Å². The Labute approximate surface area is 273 Å². The van der Waals surface area contributed by atoms with Crippen molar-refractivity contribution in [2.75, 3.05) is 21.3 Å². The minimum absolute atomic E-state index is 0. The van der Waals surface area contributed by atoms with Crippen molar-refractivity contribution in [3.63, 3.8) is 0 Å². The number of ether oxygens (including phenoxy) is 3. The second-order valence-corrected chi connectivity index (χ2v) is 5.65. The number of halogens is 5. The molecule has 3 rings (SSSR count). The Morgan fingerprint density at radius 2 is 0.857 bits per heavy atom. The zero-order valence-electron chi connectivity index (χ0n) is 18.7. The quantitative estimate of drug-likeness (QED) is 0.333. The monoisotopic (exact) mass is 729 g/mol. The van der Waals surface area contributed by atoms with Crippen molar-refractivity contribution in [2.24, 2.45) is 0 Å². The van der Waals surface area contributed by atoms with Crippen LogP contribution in [0.3, 0.4) is 0 Å². The van der Waals surface area contributed by atoms with E-state index in [2.05, 4.69) is 14.2 Å². The Morgan fingerprint density at radius 3 is 1.17 bits per heavy atom. The Kier molecular flexibility index (Phi) is 21.7. The van der Waals surface area contributed by atoms with Gasteiger partial charge in [-0.1, -0.05) is 0 Å². The molecule has 0 amide bonds. The molecule has 0 aliphatic heterocycles. The van der Waals surface area contributed by atoms with Crippen LogP contribution in [0.15, 0.2) is 42.5 Å². The van der Waals surface area contributed by atoms with Gasteiger partial charge in [0.25, 0.3) is 0 Å². The third-order valence-electron chi connectivity index (χ3n) is 3.63. The first kappa shape index (κ1) is 38.9. The van der Waals surface area contributed by atoms with Gasteiger partial charge < -0.3 is 29.5 Å². The van der Waals surface area contributed by atoms with E-state index in [-0.39, 0.29) is 121 Å². The molecule has 0 spiro atoms. The van der Waals surface area contributed by atoms with Crippen molar-refractivity contribution >= 4 is 0 Å². The van der Waals surface area contributed by atoms with Gasteiger partial charge >= 0.3 is 0 Å². The molecule has 0 bridgehead atoms. The summed E-state index contributed by atoms with van der Waals surface area (Å²) < 4.78 is 76.2. The minimum Gasteiger partial charge on any atom is -0.508 e. The van der Waals surface area contributed by atoms with Gasteiger partial charge in [-0.05, 0) is 36.4 Å². The van der Waals surface area contributed by atoms with Gasteiger partial charge in [0.2, 0.25) is 23.3 Å². The van der Waals surface area contributed by atoms with Gasteiger partial charge in [-0.3, -0.25) is 0 Å². The zero-order valence-corrected chi connectivity index (χ0v) is 27.2. The van der Waals surface area contributed by atoms with Crippen LogP contribution < -0.4 is 14.2 Å². The molecule has 183 valence electrons. The summed E-state index contributed by atoms with van der Waals surface area (Å²) >= 11 is 0. The molecule has 3 aromatic rings. The number of rotatable bonds is 3. The van der Waals surface area contributed by atoms with Crippen molar-refractivity contribution in [1.29, 1.82) is 0 Å². The van der Waals surface area contributed by atoms with E-state index in [0.29, 0.717) is 0 Å². The molecule has 0 heterocycles. The molecule has 0 fully saturated rings. The molecule has 0 aliphatic carbocycles. The van der Waals surface area contributed by atoms with E-state index >= 15 is 0 Å². The first-order chi connectivity index (χ1) is 15.1. The largest absolute Gasteiger partial charge is 0.508 e. The van der Waals surface area contributed by atoms with E-state index in [4.69, 9.17) is 15.3 Å². The molecule has 0 aromatic heterocycles. The van der Waals surface area contributed by atoms with Crippen LogP contribution in [0, 0.1) is 29.1 Å². The van der Waals surface area contributed by atoms with Crippen LogP contribution in [0.4, 0.5) is 22.0 Å². The number of hydrogen-bond donors (Lipinski definition) is 3. The van der Waals surface area contributed by atoms with Crippen LogP contribution in [-0.4, -0.2) is 36.6 Å². The Morgan fingerprint density at radius 1 is 0.514 bits per heavy atom. The van der Waals surface area contributed by atoms with Gasteiger partial charge in [0, 0.05) is 104 Å². The smallest absolute Gasteiger partial charge is 0.204 e. The number of benzene rings is 3. The zero-order chi connectivity index (χ0) is 24.4. The van der Waals surface area contributed by atoms with Gasteiger partial charge in [-0.15, -0.1) is 0 Å². The minimum atomic E-state index is -1.29. The fraction of sp³-hybridized carbons (Fsp3) is 0.143. The normalized spacial score (nSPS) is 8.80. The third-order valence-corrected chi connectivity index (χ3v) is 3.63. The van der Waals surface area contributed by atoms with Crippen LogP contribution in [0.5, 0.6) is 34.5 Å². The molecule has 3 radical (unpaired) electrons. The van der Waals surface area contributed by atoms with Gasteiger partial charge in [-0.2, -0.15) is 17.6 Å². The molecular formula is C21H19F5O6Y3. The average Bonchev–Trinajstić information content (AvgIpc) is 2.77. The average molecular weight is 729 g/mol. The number of phenols is 3. The maximum absolute atomic E-state index is 12.6. The first-order valence-electron chi connectivity index (χ1n) is 8.51. The van der Waals surface area contributed by atoms with Crippen LogP contribution in [0.1, 0.15) is 0 Å². The SMILES string of the molecule is COc1ccc(O)c(F)c1F.COc1ccc(O)c(F)c1F.COc1ccc(O)cc1F.[Y].[Y].[Y]. The summed E-state index contributed by atoms with van der Waals surface area (Å²) in [5, 5.41) is 26.0. The van der Waals surface area contributed by atoms with Crippen molar-refractivity contribution in [3.8, 4) is 34.5 Å². The fourth-order valence-electron chi connectivity index (χ4n) is 2.01. The van der Waals surface area contributed by atoms with Gasteiger partial charge in [-0.25, -0.2) is 4.39 Å². The molecule has 0 atom stereocenters. The molecular weight excluding hydrogens is 710 g/mol. The first-order valence-corrected chi connectivity index (χ1v) is 8.51. The number of aromatic hydroxyl groups is 3. The van der Waals surface area contributed by atoms with E-state index in [0.717, 1.165) is 30.3 Å². The van der Waals surface area contributed by atoms with Crippen LogP contribution in [0.2, 0.25) is 0 Å². The summed E-state index contributed by atoms with van der Waals surface area (Å²) in [6, 6.07) is 8.07. The second kappa shape index (κ2) is 19.5. The standard InChI is InChI=1S/2C7H6F2O2.C7H7FO2.3Y/c2*1-11-5-3-2-4(10)6(8)7(5)9;1-10-7-3-2-5(9)4-6(7)8;;;/h2*2-3,10H,1H3;2-4,9H,1H3;;;. The van der Waals surface area contributed by atoms with Crippen molar-refractivity contribution in [3.05, 3.63) is 71.6 Å². The Hall–Kier alpha value is -0.578. The summed E-state index contributed by atoms with van der Waals surface area (Å²) in [5.41, 5.74) is 0. The molecule has 0 saturated heterocycles. The topological polar surface area (TPSA) is 88.4 Å². The summed E-state index contributed by atoms with van der Waals surface area (Å²) in [6.45, 7) is 0. The van der Waals surface area contributed by atoms with Crippen molar-refractivity contribution in [2.45, 2.75) is 0 Å². The van der Waals surface area contributed by atoms with Crippen LogP contribution in [-0.2, 0) is 98.1 Å².